The van der Waals surface area contributed by atoms with Gasteiger partial charge in [0.25, 0.3) is 5.91 Å². The average molecular weight is 367 g/mol. The molecule has 3 aromatic rings. The molecule has 0 saturated carbocycles. The number of hydrogen-bond acceptors (Lipinski definition) is 5. The largest absolute Gasteiger partial charge is 0.477 e. The first kappa shape index (κ1) is 18.4. The first-order chi connectivity index (χ1) is 13.1. The molecular weight excluding hydrogens is 346 g/mol. The van der Waals surface area contributed by atoms with Crippen molar-refractivity contribution in [1.29, 1.82) is 0 Å². The number of para-hydroxylation sites is 1. The molecule has 0 aliphatic heterocycles. The van der Waals surface area contributed by atoms with Gasteiger partial charge in [-0.05, 0) is 30.7 Å². The Labute approximate surface area is 156 Å². The molecule has 27 heavy (non-hydrogen) atoms. The molecule has 2 aromatic heterocycles. The van der Waals surface area contributed by atoms with Crippen molar-refractivity contribution in [3.05, 3.63) is 59.9 Å². The first-order valence-electron chi connectivity index (χ1n) is 8.65. The van der Waals surface area contributed by atoms with Gasteiger partial charge in [-0.15, -0.1) is 0 Å². The van der Waals surface area contributed by atoms with Crippen LogP contribution in [0.4, 0.5) is 0 Å². The third-order valence-electron chi connectivity index (χ3n) is 4.19. The van der Waals surface area contributed by atoms with Gasteiger partial charge in [0.15, 0.2) is 0 Å². The fourth-order valence-corrected chi connectivity index (χ4v) is 2.91. The van der Waals surface area contributed by atoms with Gasteiger partial charge >= 0.3 is 5.97 Å². The van der Waals surface area contributed by atoms with Crippen molar-refractivity contribution in [3.8, 4) is 5.88 Å². The number of esters is 1. The third-order valence-corrected chi connectivity index (χ3v) is 4.19. The SMILES string of the molecule is CCOc1ncccc1C(=O)N[C@H](Cc1c[nH]c2ccccc12)C(=O)OC. The van der Waals surface area contributed by atoms with Gasteiger partial charge in [-0.25, -0.2) is 9.78 Å². The van der Waals surface area contributed by atoms with E-state index in [0.717, 1.165) is 16.5 Å². The highest BCUT2D eigenvalue weighted by Crippen LogP contribution is 2.20. The van der Waals surface area contributed by atoms with E-state index in [0.29, 0.717) is 13.0 Å². The molecule has 2 N–H and O–H groups in total. The topological polar surface area (TPSA) is 93.3 Å². The number of hydrogen-bond donors (Lipinski definition) is 2. The van der Waals surface area contributed by atoms with E-state index in [2.05, 4.69) is 15.3 Å². The lowest BCUT2D eigenvalue weighted by Crippen LogP contribution is -2.43. The van der Waals surface area contributed by atoms with Crippen LogP contribution in [0.1, 0.15) is 22.8 Å². The summed E-state index contributed by atoms with van der Waals surface area (Å²) in [5, 5.41) is 3.74. The van der Waals surface area contributed by atoms with Gasteiger partial charge < -0.3 is 19.8 Å². The zero-order chi connectivity index (χ0) is 19.2. The molecule has 1 aromatic carbocycles. The van der Waals surface area contributed by atoms with E-state index in [9.17, 15) is 9.59 Å². The summed E-state index contributed by atoms with van der Waals surface area (Å²) in [6, 6.07) is 10.2. The Morgan fingerprint density at radius 3 is 2.81 bits per heavy atom. The average Bonchev–Trinajstić information content (AvgIpc) is 3.10. The smallest absolute Gasteiger partial charge is 0.328 e. The molecule has 3 rings (SSSR count). The minimum Gasteiger partial charge on any atom is -0.477 e. The summed E-state index contributed by atoms with van der Waals surface area (Å²) in [6.45, 7) is 2.19. The summed E-state index contributed by atoms with van der Waals surface area (Å²) in [5.41, 5.74) is 2.15. The number of carbonyl (C=O) groups is 2. The van der Waals surface area contributed by atoms with E-state index < -0.39 is 17.9 Å². The molecule has 0 radical (unpaired) electrons. The van der Waals surface area contributed by atoms with Crippen LogP contribution < -0.4 is 10.1 Å². The maximum Gasteiger partial charge on any atom is 0.328 e. The summed E-state index contributed by atoms with van der Waals surface area (Å²) < 4.78 is 10.3. The number of methoxy groups -OCH3 is 1. The molecule has 0 saturated heterocycles. The van der Waals surface area contributed by atoms with Crippen molar-refractivity contribution in [3.63, 3.8) is 0 Å². The molecule has 1 amide bonds. The van der Waals surface area contributed by atoms with Crippen LogP contribution >= 0.6 is 0 Å². The monoisotopic (exact) mass is 367 g/mol. The molecule has 7 nitrogen and oxygen atoms in total. The molecule has 0 bridgehead atoms. The van der Waals surface area contributed by atoms with E-state index >= 15 is 0 Å². The van der Waals surface area contributed by atoms with Gasteiger partial charge in [0.05, 0.1) is 13.7 Å². The van der Waals surface area contributed by atoms with E-state index in [-0.39, 0.29) is 11.4 Å². The van der Waals surface area contributed by atoms with Crippen molar-refractivity contribution in [2.24, 2.45) is 0 Å². The number of H-pyrrole nitrogens is 1. The third kappa shape index (κ3) is 4.08. The minimum absolute atomic E-state index is 0.230. The Kier molecular flexibility index (Phi) is 5.71. The van der Waals surface area contributed by atoms with E-state index in [1.807, 2.05) is 37.4 Å². The van der Waals surface area contributed by atoms with Crippen LogP contribution in [0.2, 0.25) is 0 Å². The van der Waals surface area contributed by atoms with Crippen LogP contribution in [0.15, 0.2) is 48.8 Å². The molecule has 140 valence electrons. The van der Waals surface area contributed by atoms with Crippen LogP contribution in [-0.4, -0.2) is 41.6 Å². The van der Waals surface area contributed by atoms with Crippen LogP contribution in [0.3, 0.4) is 0 Å². The second-order valence-electron chi connectivity index (χ2n) is 5.90. The number of benzene rings is 1. The Hall–Kier alpha value is -3.35. The summed E-state index contributed by atoms with van der Waals surface area (Å²) in [4.78, 5) is 32.2. The van der Waals surface area contributed by atoms with Crippen molar-refractivity contribution in [1.82, 2.24) is 15.3 Å². The molecule has 0 unspecified atom stereocenters. The second-order valence-corrected chi connectivity index (χ2v) is 5.90. The summed E-state index contributed by atoms with van der Waals surface area (Å²) in [6.07, 6.45) is 3.68. The number of nitrogens with one attached hydrogen (secondary N) is 2. The number of aromatic nitrogens is 2. The zero-order valence-corrected chi connectivity index (χ0v) is 15.2. The molecular formula is C20H21N3O4. The Morgan fingerprint density at radius 1 is 1.22 bits per heavy atom. The van der Waals surface area contributed by atoms with E-state index in [1.54, 1.807) is 18.3 Å². The number of pyridine rings is 1. The van der Waals surface area contributed by atoms with Gasteiger partial charge in [0.2, 0.25) is 5.88 Å². The number of carbonyl (C=O) groups excluding carboxylic acids is 2. The van der Waals surface area contributed by atoms with Crippen molar-refractivity contribution in [2.45, 2.75) is 19.4 Å². The van der Waals surface area contributed by atoms with Crippen molar-refractivity contribution < 1.29 is 19.1 Å². The highest BCUT2D eigenvalue weighted by Gasteiger charge is 2.25. The normalized spacial score (nSPS) is 11.8. The number of nitrogens with zero attached hydrogens (tertiary/aromatic N) is 1. The van der Waals surface area contributed by atoms with Gasteiger partial charge in [-0.3, -0.25) is 4.79 Å². The molecule has 0 aliphatic rings. The summed E-state index contributed by atoms with van der Waals surface area (Å²) in [5.74, 6) is -0.731. The molecule has 0 spiro atoms. The molecule has 1 atom stereocenters. The lowest BCUT2D eigenvalue weighted by atomic mass is 10.0. The number of fused-ring (bicyclic) bond motifs is 1. The van der Waals surface area contributed by atoms with Gasteiger partial charge in [0, 0.05) is 29.7 Å². The first-order valence-corrected chi connectivity index (χ1v) is 8.65. The molecule has 7 heteroatoms. The number of amides is 1. The number of rotatable bonds is 7. The van der Waals surface area contributed by atoms with Crippen LogP contribution in [-0.2, 0) is 16.0 Å². The lowest BCUT2D eigenvalue weighted by molar-refractivity contribution is -0.142. The van der Waals surface area contributed by atoms with Crippen LogP contribution in [0, 0.1) is 0 Å². The van der Waals surface area contributed by atoms with E-state index in [4.69, 9.17) is 9.47 Å². The van der Waals surface area contributed by atoms with E-state index in [1.165, 1.54) is 7.11 Å². The number of aromatic amines is 1. The second kappa shape index (κ2) is 8.35. The zero-order valence-electron chi connectivity index (χ0n) is 15.2. The number of ether oxygens (including phenoxy) is 2. The summed E-state index contributed by atoms with van der Waals surface area (Å²) >= 11 is 0. The van der Waals surface area contributed by atoms with Crippen LogP contribution in [0.5, 0.6) is 5.88 Å². The molecule has 0 aliphatic carbocycles. The molecule has 2 heterocycles. The van der Waals surface area contributed by atoms with Gasteiger partial charge in [0.1, 0.15) is 11.6 Å². The lowest BCUT2D eigenvalue weighted by Gasteiger charge is -2.17. The standard InChI is InChI=1S/C20H21N3O4/c1-3-27-19-15(8-6-10-21-19)18(24)23-17(20(25)26-2)11-13-12-22-16-9-5-4-7-14(13)16/h4-10,12,17,22H,3,11H2,1-2H3,(H,23,24)/t17-/m1/s1. The van der Waals surface area contributed by atoms with Crippen molar-refractivity contribution >= 4 is 22.8 Å². The maximum atomic E-state index is 12.7. The maximum absolute atomic E-state index is 12.7. The van der Waals surface area contributed by atoms with Gasteiger partial charge in [-0.2, -0.15) is 0 Å². The Bertz CT molecular complexity index is 951. The summed E-state index contributed by atoms with van der Waals surface area (Å²) in [7, 11) is 1.30. The fourth-order valence-electron chi connectivity index (χ4n) is 2.91. The molecule has 0 fully saturated rings. The fraction of sp³-hybridized carbons (Fsp3) is 0.250. The van der Waals surface area contributed by atoms with Gasteiger partial charge in [-0.1, -0.05) is 18.2 Å². The minimum atomic E-state index is -0.837. The highest BCUT2D eigenvalue weighted by molar-refractivity contribution is 5.98. The van der Waals surface area contributed by atoms with Crippen molar-refractivity contribution in [2.75, 3.05) is 13.7 Å². The predicted octanol–water partition coefficient (Wildman–Crippen LogP) is 2.48. The van der Waals surface area contributed by atoms with Crippen LogP contribution in [0.25, 0.3) is 10.9 Å². The Morgan fingerprint density at radius 2 is 2.04 bits per heavy atom. The predicted molar refractivity (Wildman–Crippen MR) is 101 cm³/mol. The Balaban J connectivity index is 1.83. The quantitative estimate of drug-likeness (QED) is 0.626. The highest BCUT2D eigenvalue weighted by atomic mass is 16.5.